The fourth-order valence-electron chi connectivity index (χ4n) is 2.44. The fraction of sp³-hybridized carbons (Fsp3) is 0.538. The van der Waals surface area contributed by atoms with Gasteiger partial charge in [0.15, 0.2) is 0 Å². The second-order valence-electron chi connectivity index (χ2n) is 4.73. The van der Waals surface area contributed by atoms with Crippen molar-refractivity contribution in [3.63, 3.8) is 0 Å². The average Bonchev–Trinajstić information content (AvgIpc) is 2.39. The Labute approximate surface area is 112 Å². The normalized spacial score (nSPS) is 16.6. The lowest BCUT2D eigenvalue weighted by atomic mass is 9.94. The maximum atomic E-state index is 11.0. The molecule has 1 aromatic heterocycles. The van der Waals surface area contributed by atoms with Gasteiger partial charge in [-0.05, 0) is 18.9 Å². The molecule has 1 aromatic rings. The Morgan fingerprint density at radius 1 is 1.44 bits per heavy atom. The molecule has 18 heavy (non-hydrogen) atoms. The third-order valence-corrected chi connectivity index (χ3v) is 3.86. The molecule has 2 rings (SSSR count). The molecule has 1 saturated carbocycles. The van der Waals surface area contributed by atoms with E-state index in [1.165, 1.54) is 25.5 Å². The van der Waals surface area contributed by atoms with Gasteiger partial charge in [0, 0.05) is 19.3 Å². The highest BCUT2D eigenvalue weighted by atomic mass is 35.5. The van der Waals surface area contributed by atoms with Gasteiger partial charge < -0.3 is 10.0 Å². The number of hydrogen-bond donors (Lipinski definition) is 1. The van der Waals surface area contributed by atoms with Gasteiger partial charge in [-0.1, -0.05) is 30.9 Å². The molecule has 0 saturated heterocycles. The highest BCUT2D eigenvalue weighted by Gasteiger charge is 2.20. The molecule has 0 aliphatic heterocycles. The molecule has 1 fully saturated rings. The van der Waals surface area contributed by atoms with Crippen LogP contribution >= 0.6 is 11.6 Å². The Morgan fingerprint density at radius 3 is 2.72 bits per heavy atom. The minimum absolute atomic E-state index is 0.115. The minimum atomic E-state index is -1.01. The zero-order chi connectivity index (χ0) is 13.1. The van der Waals surface area contributed by atoms with Crippen molar-refractivity contribution in [2.24, 2.45) is 0 Å². The van der Waals surface area contributed by atoms with Gasteiger partial charge in [0.1, 0.15) is 5.82 Å². The predicted molar refractivity (Wildman–Crippen MR) is 71.5 cm³/mol. The summed E-state index contributed by atoms with van der Waals surface area (Å²) < 4.78 is 0. The number of halogens is 1. The van der Waals surface area contributed by atoms with Crippen LogP contribution in [0.15, 0.2) is 12.3 Å². The molecule has 0 amide bonds. The maximum absolute atomic E-state index is 11.0. The Balaban J connectivity index is 2.21. The summed E-state index contributed by atoms with van der Waals surface area (Å²) in [6.07, 6.45) is 7.45. The van der Waals surface area contributed by atoms with Crippen LogP contribution in [-0.2, 0) is 0 Å². The van der Waals surface area contributed by atoms with E-state index in [1.54, 1.807) is 6.07 Å². The van der Waals surface area contributed by atoms with Crippen LogP contribution in [0.5, 0.6) is 0 Å². The van der Waals surface area contributed by atoms with Crippen molar-refractivity contribution in [3.8, 4) is 0 Å². The summed E-state index contributed by atoms with van der Waals surface area (Å²) in [6, 6.07) is 2.01. The molecular formula is C13H17ClN2O2. The molecule has 0 atom stereocenters. The standard InChI is InChI=1S/C13H17ClN2O2/c1-16(9-5-3-2-4-6-9)12-7-10(13(17)18)11(14)8-15-12/h7-9H,2-6H2,1H3,(H,17,18). The quantitative estimate of drug-likeness (QED) is 0.915. The van der Waals surface area contributed by atoms with Gasteiger partial charge in [-0.3, -0.25) is 0 Å². The molecule has 1 heterocycles. The number of hydrogen-bond acceptors (Lipinski definition) is 3. The van der Waals surface area contributed by atoms with Gasteiger partial charge in [-0.25, -0.2) is 9.78 Å². The van der Waals surface area contributed by atoms with Gasteiger partial charge in [0.05, 0.1) is 10.6 Å². The van der Waals surface area contributed by atoms with E-state index in [4.69, 9.17) is 16.7 Å². The van der Waals surface area contributed by atoms with E-state index in [9.17, 15) is 4.79 Å². The van der Waals surface area contributed by atoms with Crippen LogP contribution in [0.3, 0.4) is 0 Å². The van der Waals surface area contributed by atoms with Crippen molar-refractivity contribution in [2.45, 2.75) is 38.1 Å². The van der Waals surface area contributed by atoms with Crippen molar-refractivity contribution in [2.75, 3.05) is 11.9 Å². The number of pyridine rings is 1. The number of aromatic nitrogens is 1. The van der Waals surface area contributed by atoms with Gasteiger partial charge in [-0.15, -0.1) is 0 Å². The molecule has 1 aliphatic rings. The van der Waals surface area contributed by atoms with Crippen molar-refractivity contribution in [1.82, 2.24) is 4.98 Å². The monoisotopic (exact) mass is 268 g/mol. The van der Waals surface area contributed by atoms with Gasteiger partial charge in [-0.2, -0.15) is 0 Å². The molecule has 0 aromatic carbocycles. The first-order valence-corrected chi connectivity index (χ1v) is 6.59. The molecular weight excluding hydrogens is 252 g/mol. The number of carbonyl (C=O) groups is 1. The van der Waals surface area contributed by atoms with Crippen molar-refractivity contribution < 1.29 is 9.90 Å². The van der Waals surface area contributed by atoms with E-state index in [0.717, 1.165) is 12.8 Å². The van der Waals surface area contributed by atoms with E-state index < -0.39 is 5.97 Å². The Kier molecular flexibility index (Phi) is 4.07. The first-order chi connectivity index (χ1) is 8.59. The number of rotatable bonds is 3. The summed E-state index contributed by atoms with van der Waals surface area (Å²) in [5.41, 5.74) is 0.115. The van der Waals surface area contributed by atoms with Crippen LogP contribution < -0.4 is 4.90 Å². The SMILES string of the molecule is CN(c1cc(C(=O)O)c(Cl)cn1)C1CCCCC1. The van der Waals surface area contributed by atoms with E-state index in [2.05, 4.69) is 9.88 Å². The lowest BCUT2D eigenvalue weighted by Gasteiger charge is -2.32. The summed E-state index contributed by atoms with van der Waals surface area (Å²) in [6.45, 7) is 0. The van der Waals surface area contributed by atoms with Gasteiger partial charge >= 0.3 is 5.97 Å². The summed E-state index contributed by atoms with van der Waals surface area (Å²) >= 11 is 5.82. The number of aromatic carboxylic acids is 1. The van der Waals surface area contributed by atoms with Crippen LogP contribution in [0.4, 0.5) is 5.82 Å². The summed E-state index contributed by atoms with van der Waals surface area (Å²) in [7, 11) is 1.97. The molecule has 1 N–H and O–H groups in total. The number of anilines is 1. The van der Waals surface area contributed by atoms with E-state index in [1.807, 2.05) is 7.05 Å². The van der Waals surface area contributed by atoms with Crippen LogP contribution in [0.2, 0.25) is 5.02 Å². The molecule has 5 heteroatoms. The second kappa shape index (κ2) is 5.57. The van der Waals surface area contributed by atoms with Gasteiger partial charge in [0.25, 0.3) is 0 Å². The third-order valence-electron chi connectivity index (χ3n) is 3.56. The van der Waals surface area contributed by atoms with E-state index in [0.29, 0.717) is 11.9 Å². The molecule has 1 aliphatic carbocycles. The maximum Gasteiger partial charge on any atom is 0.337 e. The number of carboxylic acid groups (broad SMARTS) is 1. The summed E-state index contributed by atoms with van der Waals surface area (Å²) in [5, 5.41) is 9.24. The summed E-state index contributed by atoms with van der Waals surface area (Å²) in [4.78, 5) is 17.3. The first-order valence-electron chi connectivity index (χ1n) is 6.21. The smallest absolute Gasteiger partial charge is 0.337 e. The molecule has 0 bridgehead atoms. The Morgan fingerprint density at radius 2 is 2.11 bits per heavy atom. The largest absolute Gasteiger partial charge is 0.478 e. The van der Waals surface area contributed by atoms with Crippen molar-refractivity contribution in [3.05, 3.63) is 22.8 Å². The highest BCUT2D eigenvalue weighted by molar-refractivity contribution is 6.33. The molecule has 98 valence electrons. The van der Waals surface area contributed by atoms with Crippen LogP contribution in [0.1, 0.15) is 42.5 Å². The van der Waals surface area contributed by atoms with E-state index >= 15 is 0 Å². The van der Waals surface area contributed by atoms with Crippen molar-refractivity contribution >= 4 is 23.4 Å². The van der Waals surface area contributed by atoms with Crippen LogP contribution in [0.25, 0.3) is 0 Å². The Bertz CT molecular complexity index is 445. The molecule has 0 radical (unpaired) electrons. The molecule has 0 spiro atoms. The zero-order valence-electron chi connectivity index (χ0n) is 10.4. The van der Waals surface area contributed by atoms with Crippen LogP contribution in [-0.4, -0.2) is 29.1 Å². The zero-order valence-corrected chi connectivity index (χ0v) is 11.2. The number of carboxylic acids is 1. The average molecular weight is 269 g/mol. The summed E-state index contributed by atoms with van der Waals surface area (Å²) in [5.74, 6) is -0.329. The highest BCUT2D eigenvalue weighted by Crippen LogP contribution is 2.27. The van der Waals surface area contributed by atoms with Crippen molar-refractivity contribution in [1.29, 1.82) is 0 Å². The lowest BCUT2D eigenvalue weighted by molar-refractivity contribution is 0.0697. The molecule has 0 unspecified atom stereocenters. The lowest BCUT2D eigenvalue weighted by Crippen LogP contribution is -2.34. The fourth-order valence-corrected chi connectivity index (χ4v) is 2.62. The third kappa shape index (κ3) is 2.75. The predicted octanol–water partition coefficient (Wildman–Crippen LogP) is 3.20. The van der Waals surface area contributed by atoms with Gasteiger partial charge in [0.2, 0.25) is 0 Å². The topological polar surface area (TPSA) is 53.4 Å². The second-order valence-corrected chi connectivity index (χ2v) is 5.14. The Hall–Kier alpha value is -1.29. The first kappa shape index (κ1) is 13.1. The number of nitrogens with zero attached hydrogens (tertiary/aromatic N) is 2. The minimum Gasteiger partial charge on any atom is -0.478 e. The molecule has 4 nitrogen and oxygen atoms in total. The van der Waals surface area contributed by atoms with E-state index in [-0.39, 0.29) is 10.6 Å². The van der Waals surface area contributed by atoms with Crippen LogP contribution in [0, 0.1) is 0 Å².